The number of rotatable bonds is 7. The van der Waals surface area contributed by atoms with Crippen molar-refractivity contribution in [3.63, 3.8) is 0 Å². The number of benzene rings is 10. The van der Waals surface area contributed by atoms with E-state index in [9.17, 15) is 11.0 Å². The van der Waals surface area contributed by atoms with Crippen LogP contribution in [0.15, 0.2) is 235 Å². The van der Waals surface area contributed by atoms with Gasteiger partial charge in [0.1, 0.15) is 11.2 Å². The van der Waals surface area contributed by atoms with Crippen molar-refractivity contribution in [2.24, 2.45) is 0 Å². The standard InChI is InChI=1S/C58H38N2O/c1-2-12-39(13-3-1)40-24-26-41(27-25-40)42-28-33-46(34-29-42)59(55-22-11-23-56-57(55)52-37-32-44-14-4-5-17-49(44)58(52)61-56)47-35-30-43(31-36-47)45-15-10-16-48(38-45)60-53-20-8-6-18-50(53)51-19-7-9-21-54(51)60/h1-38H/i28D,29D,30D,31D,33D,34D,35D,36D. The van der Waals surface area contributed by atoms with E-state index in [1.807, 2.05) is 133 Å². The molecule has 0 aliphatic carbocycles. The molecule has 2 heterocycles. The Morgan fingerprint density at radius 1 is 0.393 bits per heavy atom. The monoisotopic (exact) mass is 786 g/mol. The Labute approximate surface area is 364 Å². The van der Waals surface area contributed by atoms with Gasteiger partial charge in [-0.1, -0.05) is 164 Å². The molecule has 0 aliphatic rings. The van der Waals surface area contributed by atoms with Gasteiger partial charge in [-0.3, -0.25) is 0 Å². The van der Waals surface area contributed by atoms with E-state index in [1.165, 1.54) is 4.90 Å². The summed E-state index contributed by atoms with van der Waals surface area (Å²) >= 11 is 0. The van der Waals surface area contributed by atoms with Crippen LogP contribution >= 0.6 is 0 Å². The maximum atomic E-state index is 9.84. The molecule has 0 radical (unpaired) electrons. The zero-order valence-corrected chi connectivity index (χ0v) is 32.6. The fourth-order valence-electron chi connectivity index (χ4n) is 8.66. The lowest BCUT2D eigenvalue weighted by molar-refractivity contribution is 0.672. The van der Waals surface area contributed by atoms with Crippen molar-refractivity contribution < 1.29 is 15.4 Å². The summed E-state index contributed by atoms with van der Waals surface area (Å²) in [7, 11) is 0. The van der Waals surface area contributed by atoms with E-state index >= 15 is 0 Å². The van der Waals surface area contributed by atoms with Crippen molar-refractivity contribution in [3.05, 3.63) is 230 Å². The van der Waals surface area contributed by atoms with Gasteiger partial charge in [0.25, 0.3) is 0 Å². The van der Waals surface area contributed by atoms with Crippen LogP contribution < -0.4 is 4.90 Å². The number of nitrogens with zero attached hydrogens (tertiary/aromatic N) is 2. The average molecular weight is 787 g/mol. The van der Waals surface area contributed by atoms with E-state index < -0.39 is 24.2 Å². The predicted molar refractivity (Wildman–Crippen MR) is 257 cm³/mol. The molecule has 10 aromatic carbocycles. The van der Waals surface area contributed by atoms with Crippen LogP contribution in [-0.4, -0.2) is 4.57 Å². The summed E-state index contributed by atoms with van der Waals surface area (Å²) in [6, 6.07) is 54.8. The molecular weight excluding hydrogens is 741 g/mol. The topological polar surface area (TPSA) is 21.3 Å². The molecule has 0 fully saturated rings. The Kier molecular flexibility index (Phi) is 6.45. The smallest absolute Gasteiger partial charge is 0.143 e. The average Bonchev–Trinajstić information content (AvgIpc) is 3.94. The van der Waals surface area contributed by atoms with E-state index in [1.54, 1.807) is 36.4 Å². The highest BCUT2D eigenvalue weighted by Crippen LogP contribution is 2.45. The fraction of sp³-hybridized carbons (Fsp3) is 0. The first-order chi connectivity index (χ1) is 33.6. The quantitative estimate of drug-likeness (QED) is 0.160. The molecule has 0 spiro atoms. The number of fused-ring (bicyclic) bond motifs is 8. The Bertz CT molecular complexity index is 3960. The van der Waals surface area contributed by atoms with E-state index in [0.717, 1.165) is 49.4 Å². The van der Waals surface area contributed by atoms with Gasteiger partial charge in [-0.05, 0) is 105 Å². The van der Waals surface area contributed by atoms with Gasteiger partial charge >= 0.3 is 0 Å². The lowest BCUT2D eigenvalue weighted by Crippen LogP contribution is -2.10. The molecule has 286 valence electrons. The minimum absolute atomic E-state index is 0.0728. The molecule has 0 saturated heterocycles. The first-order valence-corrected chi connectivity index (χ1v) is 20.2. The Balaban J connectivity index is 1.09. The van der Waals surface area contributed by atoms with Crippen molar-refractivity contribution in [3.8, 4) is 39.1 Å². The van der Waals surface area contributed by atoms with E-state index in [2.05, 4.69) is 16.7 Å². The number of hydrogen-bond donors (Lipinski definition) is 0. The van der Waals surface area contributed by atoms with Crippen LogP contribution in [0.25, 0.3) is 93.6 Å². The third-order valence-electron chi connectivity index (χ3n) is 11.5. The molecule has 12 rings (SSSR count). The summed E-state index contributed by atoms with van der Waals surface area (Å²) in [5.74, 6) is 0. The largest absolute Gasteiger partial charge is 0.455 e. The molecule has 0 saturated carbocycles. The minimum atomic E-state index is -0.430. The van der Waals surface area contributed by atoms with Crippen LogP contribution in [0.2, 0.25) is 0 Å². The molecule has 0 unspecified atom stereocenters. The predicted octanol–water partition coefficient (Wildman–Crippen LogP) is 16.3. The molecule has 0 aliphatic heterocycles. The van der Waals surface area contributed by atoms with Gasteiger partial charge in [0, 0.05) is 38.6 Å². The van der Waals surface area contributed by atoms with Gasteiger partial charge < -0.3 is 13.9 Å². The van der Waals surface area contributed by atoms with Gasteiger partial charge in [0.05, 0.1) is 33.1 Å². The lowest BCUT2D eigenvalue weighted by atomic mass is 9.99. The van der Waals surface area contributed by atoms with E-state index in [0.29, 0.717) is 38.8 Å². The summed E-state index contributed by atoms with van der Waals surface area (Å²) in [4.78, 5) is 1.37. The van der Waals surface area contributed by atoms with Crippen LogP contribution in [0.4, 0.5) is 17.1 Å². The molecule has 61 heavy (non-hydrogen) atoms. The summed E-state index contributed by atoms with van der Waals surface area (Å²) in [5.41, 5.74) is 6.61. The van der Waals surface area contributed by atoms with Crippen molar-refractivity contribution in [1.29, 1.82) is 0 Å². The van der Waals surface area contributed by atoms with Crippen molar-refractivity contribution in [1.82, 2.24) is 4.57 Å². The van der Waals surface area contributed by atoms with Gasteiger partial charge in [-0.2, -0.15) is 0 Å². The normalized spacial score (nSPS) is 13.4. The first-order valence-electron chi connectivity index (χ1n) is 24.2. The highest BCUT2D eigenvalue weighted by Gasteiger charge is 2.21. The molecule has 0 bridgehead atoms. The van der Waals surface area contributed by atoms with Crippen LogP contribution in [0, 0.1) is 0 Å². The van der Waals surface area contributed by atoms with Crippen LogP contribution in [-0.2, 0) is 0 Å². The highest BCUT2D eigenvalue weighted by atomic mass is 16.3. The molecular formula is C58H38N2O. The second-order valence-corrected chi connectivity index (χ2v) is 15.1. The Morgan fingerprint density at radius 2 is 0.934 bits per heavy atom. The third-order valence-corrected chi connectivity index (χ3v) is 11.5. The van der Waals surface area contributed by atoms with Crippen molar-refractivity contribution in [2.45, 2.75) is 0 Å². The Hall–Kier alpha value is -8.14. The molecule has 3 heteroatoms. The second-order valence-electron chi connectivity index (χ2n) is 15.1. The van der Waals surface area contributed by atoms with Crippen LogP contribution in [0.1, 0.15) is 11.0 Å². The van der Waals surface area contributed by atoms with Gasteiger partial charge in [-0.15, -0.1) is 0 Å². The summed E-state index contributed by atoms with van der Waals surface area (Å²) < 4.78 is 86.3. The van der Waals surface area contributed by atoms with Gasteiger partial charge in [-0.25, -0.2) is 0 Å². The van der Waals surface area contributed by atoms with E-state index in [-0.39, 0.29) is 46.7 Å². The van der Waals surface area contributed by atoms with Crippen molar-refractivity contribution >= 4 is 71.6 Å². The van der Waals surface area contributed by atoms with Gasteiger partial charge in [0.2, 0.25) is 0 Å². The maximum absolute atomic E-state index is 9.84. The number of hydrogen-bond acceptors (Lipinski definition) is 2. The molecule has 3 nitrogen and oxygen atoms in total. The zero-order valence-electron chi connectivity index (χ0n) is 40.6. The molecule has 2 aromatic heterocycles. The number of aromatic nitrogens is 1. The molecule has 12 aromatic rings. The maximum Gasteiger partial charge on any atom is 0.143 e. The molecule has 0 atom stereocenters. The fourth-order valence-corrected chi connectivity index (χ4v) is 8.66. The SMILES string of the molecule is [2H]c1c([2H])c(N(c2c([2H])c([2H])c(-c3cccc(-n4c5ccccc5c5ccccc54)c3)c([2H])c2[2H])c2cccc3oc4c5ccccc5ccc4c23)c([2H])c([2H])c1-c1ccc(-c2ccccc2)cc1. The first kappa shape index (κ1) is 27.5. The molecule has 0 amide bonds. The Morgan fingerprint density at radius 3 is 1.62 bits per heavy atom. The minimum Gasteiger partial charge on any atom is -0.455 e. The third kappa shape index (κ3) is 5.90. The number of para-hydroxylation sites is 2. The van der Waals surface area contributed by atoms with Crippen LogP contribution in [0.5, 0.6) is 0 Å². The summed E-state index contributed by atoms with van der Waals surface area (Å²) in [5, 5.41) is 5.17. The molecule has 0 N–H and O–H groups in total. The van der Waals surface area contributed by atoms with E-state index in [4.69, 9.17) is 4.42 Å². The second kappa shape index (κ2) is 14.3. The van der Waals surface area contributed by atoms with Gasteiger partial charge in [0.15, 0.2) is 0 Å². The summed E-state index contributed by atoms with van der Waals surface area (Å²) in [6.07, 6.45) is 0. The van der Waals surface area contributed by atoms with Crippen LogP contribution in [0.3, 0.4) is 0 Å². The highest BCUT2D eigenvalue weighted by molar-refractivity contribution is 6.19. The summed E-state index contributed by atoms with van der Waals surface area (Å²) in [6.45, 7) is 0. The number of anilines is 3. The van der Waals surface area contributed by atoms with Crippen molar-refractivity contribution in [2.75, 3.05) is 4.90 Å². The number of furan rings is 1. The lowest BCUT2D eigenvalue weighted by Gasteiger charge is -2.26. The zero-order chi connectivity index (χ0) is 47.2.